The molecule has 33 heavy (non-hydrogen) atoms. The number of ether oxygens (including phenoxy) is 1. The van der Waals surface area contributed by atoms with E-state index in [0.29, 0.717) is 43.4 Å². The average Bonchev–Trinajstić information content (AvgIpc) is 3.05. The fourth-order valence-corrected chi connectivity index (χ4v) is 4.57. The van der Waals surface area contributed by atoms with Crippen LogP contribution in [0.1, 0.15) is 18.9 Å². The lowest BCUT2D eigenvalue weighted by Crippen LogP contribution is -2.46. The number of benzene rings is 2. The lowest BCUT2D eigenvalue weighted by atomic mass is 10.1. The number of carbonyl (C=O) groups excluding carboxylic acids is 2. The first-order valence-corrected chi connectivity index (χ1v) is 11.1. The Morgan fingerprint density at radius 2 is 1.85 bits per heavy atom. The van der Waals surface area contributed by atoms with Crippen LogP contribution in [0.15, 0.2) is 36.4 Å². The summed E-state index contributed by atoms with van der Waals surface area (Å²) in [6.07, 6.45) is 0.119. The van der Waals surface area contributed by atoms with Crippen LogP contribution in [-0.2, 0) is 16.1 Å². The van der Waals surface area contributed by atoms with Crippen molar-refractivity contribution in [2.75, 3.05) is 43.1 Å². The predicted molar refractivity (Wildman–Crippen MR) is 125 cm³/mol. The van der Waals surface area contributed by atoms with E-state index in [9.17, 15) is 19.7 Å². The maximum atomic E-state index is 12.3. The third-order valence-electron chi connectivity index (χ3n) is 6.14. The molecule has 0 aliphatic carbocycles. The van der Waals surface area contributed by atoms with Crippen LogP contribution in [0.25, 0.3) is 0 Å². The first-order valence-electron chi connectivity index (χ1n) is 10.7. The molecule has 2 fully saturated rings. The van der Waals surface area contributed by atoms with Crippen LogP contribution >= 0.6 is 11.6 Å². The Morgan fingerprint density at radius 1 is 1.12 bits per heavy atom. The van der Waals surface area contributed by atoms with E-state index in [4.69, 9.17) is 16.3 Å². The smallest absolute Gasteiger partial charge is 0.294 e. The highest BCUT2D eigenvalue weighted by molar-refractivity contribution is 6.30. The number of rotatable bonds is 6. The van der Waals surface area contributed by atoms with E-state index in [1.807, 2.05) is 17.0 Å². The van der Waals surface area contributed by atoms with E-state index in [1.165, 1.54) is 6.07 Å². The molecular formula is C23H25ClN4O5. The van der Waals surface area contributed by atoms with Gasteiger partial charge in [-0.25, -0.2) is 0 Å². The average molecular weight is 473 g/mol. The van der Waals surface area contributed by atoms with E-state index in [1.54, 1.807) is 32.2 Å². The van der Waals surface area contributed by atoms with Crippen molar-refractivity contribution in [3.05, 3.63) is 57.1 Å². The minimum absolute atomic E-state index is 0.113. The summed E-state index contributed by atoms with van der Waals surface area (Å²) in [4.78, 5) is 41.2. The van der Waals surface area contributed by atoms with E-state index in [-0.39, 0.29) is 29.6 Å². The Balaban J connectivity index is 1.49. The van der Waals surface area contributed by atoms with Crippen molar-refractivity contribution in [1.82, 2.24) is 4.90 Å². The molecule has 0 spiro atoms. The summed E-state index contributed by atoms with van der Waals surface area (Å²) in [6.45, 7) is 4.95. The van der Waals surface area contributed by atoms with Crippen molar-refractivity contribution in [1.29, 1.82) is 0 Å². The van der Waals surface area contributed by atoms with Crippen LogP contribution in [0.4, 0.5) is 17.1 Å². The van der Waals surface area contributed by atoms with Gasteiger partial charge in [-0.1, -0.05) is 18.5 Å². The molecule has 2 amide bonds. The quantitative estimate of drug-likeness (QED) is 0.360. The van der Waals surface area contributed by atoms with Crippen LogP contribution in [0.3, 0.4) is 0 Å². The molecule has 9 nitrogen and oxygen atoms in total. The van der Waals surface area contributed by atoms with Gasteiger partial charge in [-0.15, -0.1) is 0 Å². The van der Waals surface area contributed by atoms with Crippen LogP contribution in [-0.4, -0.2) is 54.9 Å². The van der Waals surface area contributed by atoms with Gasteiger partial charge in [0.05, 0.1) is 17.7 Å². The summed E-state index contributed by atoms with van der Waals surface area (Å²) in [5.41, 5.74) is 1.60. The Kier molecular flexibility index (Phi) is 6.53. The number of carbonyl (C=O) groups is 2. The third-order valence-corrected chi connectivity index (χ3v) is 6.37. The maximum absolute atomic E-state index is 12.3. The largest absolute Gasteiger partial charge is 0.496 e. The van der Waals surface area contributed by atoms with Crippen LogP contribution in [0.5, 0.6) is 5.75 Å². The molecule has 0 radical (unpaired) electrons. The van der Waals surface area contributed by atoms with Crippen molar-refractivity contribution in [2.45, 2.75) is 19.9 Å². The van der Waals surface area contributed by atoms with Gasteiger partial charge in [-0.3, -0.25) is 29.5 Å². The van der Waals surface area contributed by atoms with Crippen LogP contribution < -0.4 is 14.5 Å². The summed E-state index contributed by atoms with van der Waals surface area (Å²) in [5.74, 6) is -0.303. The highest BCUT2D eigenvalue weighted by atomic mass is 35.5. The Bertz CT molecular complexity index is 1100. The summed E-state index contributed by atoms with van der Waals surface area (Å²) < 4.78 is 5.43. The van der Waals surface area contributed by atoms with Crippen molar-refractivity contribution < 1.29 is 19.2 Å². The summed E-state index contributed by atoms with van der Waals surface area (Å²) in [5, 5.41) is 12.5. The third kappa shape index (κ3) is 4.65. The van der Waals surface area contributed by atoms with Gasteiger partial charge >= 0.3 is 0 Å². The zero-order valence-corrected chi connectivity index (χ0v) is 19.2. The second-order valence-electron chi connectivity index (χ2n) is 8.32. The number of hydrogen-bond acceptors (Lipinski definition) is 7. The molecule has 0 saturated carbocycles. The van der Waals surface area contributed by atoms with E-state index in [2.05, 4.69) is 4.90 Å². The number of nitrogens with zero attached hydrogens (tertiary/aromatic N) is 4. The molecule has 2 aromatic carbocycles. The number of imide groups is 1. The van der Waals surface area contributed by atoms with Gasteiger partial charge in [0.1, 0.15) is 11.4 Å². The molecule has 0 N–H and O–H groups in total. The predicted octanol–water partition coefficient (Wildman–Crippen LogP) is 3.48. The van der Waals surface area contributed by atoms with E-state index in [0.717, 1.165) is 16.2 Å². The number of methoxy groups -OCH3 is 1. The molecule has 0 aromatic heterocycles. The number of amides is 2. The van der Waals surface area contributed by atoms with Crippen LogP contribution in [0.2, 0.25) is 5.02 Å². The van der Waals surface area contributed by atoms with Crippen molar-refractivity contribution in [3.8, 4) is 5.75 Å². The molecule has 0 bridgehead atoms. The maximum Gasteiger partial charge on any atom is 0.294 e. The Labute approximate surface area is 196 Å². The first-order chi connectivity index (χ1) is 15.8. The Morgan fingerprint density at radius 3 is 2.45 bits per heavy atom. The number of nitro groups is 1. The SMILES string of the molecule is COc1ccc(Cl)cc1CN1CCN(c2ccc(N3C(=O)C[C@H](C)C3=O)cc2[N+](=O)[O-])CC1. The van der Waals surface area contributed by atoms with Gasteiger partial charge in [-0.05, 0) is 30.3 Å². The summed E-state index contributed by atoms with van der Waals surface area (Å²) in [6, 6.07) is 10.1. The molecule has 174 valence electrons. The molecule has 2 aliphatic rings. The normalized spacial score (nSPS) is 19.3. The molecule has 2 heterocycles. The van der Waals surface area contributed by atoms with Gasteiger partial charge in [0.15, 0.2) is 0 Å². The second-order valence-corrected chi connectivity index (χ2v) is 8.76. The van der Waals surface area contributed by atoms with E-state index < -0.39 is 10.8 Å². The van der Waals surface area contributed by atoms with Crippen LogP contribution in [0, 0.1) is 16.0 Å². The van der Waals surface area contributed by atoms with Crippen molar-refractivity contribution in [2.24, 2.45) is 5.92 Å². The molecule has 0 unspecified atom stereocenters. The molecule has 2 aromatic rings. The molecule has 4 rings (SSSR count). The van der Waals surface area contributed by atoms with Gasteiger partial charge in [0, 0.05) is 61.7 Å². The number of anilines is 2. The second kappa shape index (κ2) is 9.36. The monoisotopic (exact) mass is 472 g/mol. The molecule has 2 aliphatic heterocycles. The topological polar surface area (TPSA) is 96.2 Å². The fourth-order valence-electron chi connectivity index (χ4n) is 4.38. The minimum atomic E-state index is -0.462. The molecule has 10 heteroatoms. The fraction of sp³-hybridized carbons (Fsp3) is 0.391. The zero-order chi connectivity index (χ0) is 23.7. The zero-order valence-electron chi connectivity index (χ0n) is 18.5. The summed E-state index contributed by atoms with van der Waals surface area (Å²) in [7, 11) is 1.62. The van der Waals surface area contributed by atoms with E-state index >= 15 is 0 Å². The first kappa shape index (κ1) is 23.0. The van der Waals surface area contributed by atoms with Gasteiger partial charge in [0.25, 0.3) is 5.69 Å². The molecule has 2 saturated heterocycles. The number of piperazine rings is 1. The highest BCUT2D eigenvalue weighted by Crippen LogP contribution is 2.36. The standard InChI is InChI=1S/C23H25ClN4O5/c1-15-11-22(29)27(23(15)30)18-4-5-19(20(13-18)28(31)32)26-9-7-25(8-10-26)14-16-12-17(24)3-6-21(16)33-2/h3-6,12-13,15H,7-11,14H2,1-2H3/t15-/m0/s1. The molecular weight excluding hydrogens is 448 g/mol. The lowest BCUT2D eigenvalue weighted by Gasteiger charge is -2.36. The highest BCUT2D eigenvalue weighted by Gasteiger charge is 2.37. The number of halogens is 1. The number of nitro benzene ring substituents is 1. The molecule has 1 atom stereocenters. The number of hydrogen-bond donors (Lipinski definition) is 0. The van der Waals surface area contributed by atoms with Crippen molar-refractivity contribution >= 4 is 40.5 Å². The van der Waals surface area contributed by atoms with Gasteiger partial charge in [0.2, 0.25) is 11.8 Å². The van der Waals surface area contributed by atoms with Gasteiger partial charge in [-0.2, -0.15) is 0 Å². The summed E-state index contributed by atoms with van der Waals surface area (Å²) >= 11 is 6.14. The minimum Gasteiger partial charge on any atom is -0.496 e. The van der Waals surface area contributed by atoms with Crippen molar-refractivity contribution in [3.63, 3.8) is 0 Å². The Hall–Kier alpha value is -3.17. The van der Waals surface area contributed by atoms with Gasteiger partial charge < -0.3 is 9.64 Å². The lowest BCUT2D eigenvalue weighted by molar-refractivity contribution is -0.384.